The van der Waals surface area contributed by atoms with Crippen LogP contribution in [0.1, 0.15) is 56.9 Å². The molecule has 7 heteroatoms. The summed E-state index contributed by atoms with van der Waals surface area (Å²) in [5.41, 5.74) is 0.946. The summed E-state index contributed by atoms with van der Waals surface area (Å²) >= 11 is 0. The Labute approximate surface area is 210 Å². The molecule has 4 rings (SSSR count). The lowest BCUT2D eigenvalue weighted by atomic mass is 9.73. The fourth-order valence-electron chi connectivity index (χ4n) is 5.96. The molecule has 1 N–H and O–H groups in total. The number of rotatable bonds is 4. The number of hydrogen-bond donors (Lipinski definition) is 1. The van der Waals surface area contributed by atoms with E-state index in [0.717, 1.165) is 96.3 Å². The summed E-state index contributed by atoms with van der Waals surface area (Å²) in [6.45, 7) is 5.71. The molecule has 3 aliphatic heterocycles. The molecule has 0 radical (unpaired) electrons. The van der Waals surface area contributed by atoms with Crippen LogP contribution in [-0.4, -0.2) is 81.2 Å². The Morgan fingerprint density at radius 3 is 2.77 bits per heavy atom. The first-order valence-corrected chi connectivity index (χ1v) is 13.6. The van der Waals surface area contributed by atoms with Crippen molar-refractivity contribution in [2.24, 2.45) is 11.3 Å². The quantitative estimate of drug-likeness (QED) is 0.709. The van der Waals surface area contributed by atoms with Gasteiger partial charge >= 0.3 is 0 Å². The standard InChI is InChI=1S/C28H43N3O4/c1-34-22-23-8-6-16-31(20-23)26(32)21-30-17-13-28(14-18-30)12-5-4-10-24-9-2-3-11-25(24)35-19-7-15-29-27(28)33/h2-3,9,11,23H,4-8,10,12-22H2,1H3,(H,29,33). The molecular formula is C28H43N3O4. The summed E-state index contributed by atoms with van der Waals surface area (Å²) in [5.74, 6) is 1.84. The monoisotopic (exact) mass is 485 g/mol. The van der Waals surface area contributed by atoms with Gasteiger partial charge in [0.25, 0.3) is 0 Å². The molecule has 3 aliphatic rings. The molecule has 0 aromatic heterocycles. The predicted molar refractivity (Wildman–Crippen MR) is 136 cm³/mol. The molecule has 0 aliphatic carbocycles. The molecule has 2 amide bonds. The van der Waals surface area contributed by atoms with Crippen LogP contribution in [0.15, 0.2) is 24.3 Å². The van der Waals surface area contributed by atoms with Crippen molar-refractivity contribution in [2.45, 2.75) is 57.8 Å². The number of hydrogen-bond acceptors (Lipinski definition) is 5. The molecule has 2 saturated heterocycles. The highest BCUT2D eigenvalue weighted by Crippen LogP contribution is 2.37. The van der Waals surface area contributed by atoms with Gasteiger partial charge in [0, 0.05) is 26.7 Å². The van der Waals surface area contributed by atoms with Gasteiger partial charge in [-0.1, -0.05) is 24.6 Å². The van der Waals surface area contributed by atoms with Crippen molar-refractivity contribution in [3.05, 3.63) is 29.8 Å². The van der Waals surface area contributed by atoms with Crippen molar-refractivity contribution in [1.29, 1.82) is 0 Å². The summed E-state index contributed by atoms with van der Waals surface area (Å²) in [4.78, 5) is 30.6. The molecule has 2 fully saturated rings. The third kappa shape index (κ3) is 6.98. The fourth-order valence-corrected chi connectivity index (χ4v) is 5.96. The summed E-state index contributed by atoms with van der Waals surface area (Å²) < 4.78 is 11.3. The van der Waals surface area contributed by atoms with E-state index in [4.69, 9.17) is 9.47 Å². The molecule has 35 heavy (non-hydrogen) atoms. The first-order valence-electron chi connectivity index (χ1n) is 13.6. The Bertz CT molecular complexity index is 835. The van der Waals surface area contributed by atoms with E-state index in [1.807, 2.05) is 17.0 Å². The minimum Gasteiger partial charge on any atom is -0.493 e. The van der Waals surface area contributed by atoms with Gasteiger partial charge in [0.05, 0.1) is 25.2 Å². The van der Waals surface area contributed by atoms with Crippen molar-refractivity contribution in [3.63, 3.8) is 0 Å². The second kappa shape index (κ2) is 12.7. The van der Waals surface area contributed by atoms with Gasteiger partial charge in [-0.2, -0.15) is 0 Å². The molecule has 7 nitrogen and oxygen atoms in total. The number of carbonyl (C=O) groups is 2. The molecule has 0 bridgehead atoms. The Morgan fingerprint density at radius 2 is 1.94 bits per heavy atom. The molecule has 1 unspecified atom stereocenters. The molecular weight excluding hydrogens is 442 g/mol. The van der Waals surface area contributed by atoms with E-state index in [1.54, 1.807) is 7.11 Å². The van der Waals surface area contributed by atoms with E-state index in [9.17, 15) is 9.59 Å². The third-order valence-electron chi connectivity index (χ3n) is 8.12. The van der Waals surface area contributed by atoms with Gasteiger partial charge in [-0.15, -0.1) is 0 Å². The van der Waals surface area contributed by atoms with E-state index in [1.165, 1.54) is 5.56 Å². The summed E-state index contributed by atoms with van der Waals surface area (Å²) in [7, 11) is 1.73. The lowest BCUT2D eigenvalue weighted by Gasteiger charge is -2.41. The van der Waals surface area contributed by atoms with Crippen molar-refractivity contribution >= 4 is 11.8 Å². The number of nitrogens with zero attached hydrogens (tertiary/aromatic N) is 2. The van der Waals surface area contributed by atoms with Crippen LogP contribution >= 0.6 is 0 Å². The first kappa shape index (κ1) is 26.0. The largest absolute Gasteiger partial charge is 0.493 e. The maximum atomic E-state index is 13.3. The summed E-state index contributed by atoms with van der Waals surface area (Å²) in [6.07, 6.45) is 8.61. The number of carbonyl (C=O) groups excluding carboxylic acids is 2. The minimum atomic E-state index is -0.317. The Balaban J connectivity index is 1.31. The smallest absolute Gasteiger partial charge is 0.236 e. The van der Waals surface area contributed by atoms with Gasteiger partial charge in [0.1, 0.15) is 5.75 Å². The number of benzene rings is 1. The number of nitrogens with one attached hydrogen (secondary N) is 1. The van der Waals surface area contributed by atoms with E-state index in [2.05, 4.69) is 22.3 Å². The first-order chi connectivity index (χ1) is 17.1. The van der Waals surface area contributed by atoms with Crippen molar-refractivity contribution in [1.82, 2.24) is 15.1 Å². The predicted octanol–water partition coefficient (Wildman–Crippen LogP) is 3.27. The number of piperidine rings is 2. The SMILES string of the molecule is COCC1CCCN(C(=O)CN2CCC3(CCCCc4ccccc4OCCCNC3=O)CC2)C1. The fraction of sp³-hybridized carbons (Fsp3) is 0.714. The number of amides is 2. The molecule has 1 aromatic rings. The highest BCUT2D eigenvalue weighted by atomic mass is 16.5. The average molecular weight is 486 g/mol. The van der Waals surface area contributed by atoms with Crippen LogP contribution in [0.3, 0.4) is 0 Å². The van der Waals surface area contributed by atoms with Crippen LogP contribution in [0.25, 0.3) is 0 Å². The van der Waals surface area contributed by atoms with Crippen LogP contribution < -0.4 is 10.1 Å². The highest BCUT2D eigenvalue weighted by molar-refractivity contribution is 5.83. The van der Waals surface area contributed by atoms with Crippen LogP contribution in [0.5, 0.6) is 5.75 Å². The lowest BCUT2D eigenvalue weighted by Crippen LogP contribution is -2.52. The van der Waals surface area contributed by atoms with Gasteiger partial charge in [-0.3, -0.25) is 14.5 Å². The lowest BCUT2D eigenvalue weighted by molar-refractivity contribution is -0.137. The number of ether oxygens (including phenoxy) is 2. The zero-order valence-electron chi connectivity index (χ0n) is 21.4. The van der Waals surface area contributed by atoms with Gasteiger partial charge in [-0.25, -0.2) is 0 Å². The number of likely N-dealkylation sites (tertiary alicyclic amines) is 2. The molecule has 1 aromatic carbocycles. The van der Waals surface area contributed by atoms with Gasteiger partial charge < -0.3 is 19.7 Å². The van der Waals surface area contributed by atoms with Gasteiger partial charge in [0.2, 0.25) is 11.8 Å². The zero-order valence-corrected chi connectivity index (χ0v) is 21.4. The van der Waals surface area contributed by atoms with Crippen LogP contribution in [0.2, 0.25) is 0 Å². The zero-order chi connectivity index (χ0) is 24.5. The van der Waals surface area contributed by atoms with Crippen LogP contribution in [0, 0.1) is 11.3 Å². The summed E-state index contributed by atoms with van der Waals surface area (Å²) in [5, 5.41) is 3.21. The van der Waals surface area contributed by atoms with Crippen LogP contribution in [-0.2, 0) is 20.7 Å². The number of aryl methyl sites for hydroxylation is 1. The molecule has 194 valence electrons. The number of para-hydroxylation sites is 1. The average Bonchev–Trinajstić information content (AvgIpc) is 2.89. The molecule has 0 saturated carbocycles. The van der Waals surface area contributed by atoms with Crippen molar-refractivity contribution in [2.75, 3.05) is 59.6 Å². The summed E-state index contributed by atoms with van der Waals surface area (Å²) in [6, 6.07) is 8.30. The molecule has 1 spiro atoms. The number of methoxy groups -OCH3 is 1. The Hall–Kier alpha value is -2.12. The van der Waals surface area contributed by atoms with E-state index in [0.29, 0.717) is 25.6 Å². The minimum absolute atomic E-state index is 0.193. The Kier molecular flexibility index (Phi) is 9.44. The van der Waals surface area contributed by atoms with Gasteiger partial charge in [0.15, 0.2) is 0 Å². The normalized spacial score (nSPS) is 24.3. The van der Waals surface area contributed by atoms with Crippen LogP contribution in [0.4, 0.5) is 0 Å². The number of fused-ring (bicyclic) bond motifs is 1. The van der Waals surface area contributed by atoms with Crippen molar-refractivity contribution in [3.8, 4) is 5.75 Å². The van der Waals surface area contributed by atoms with E-state index < -0.39 is 0 Å². The highest BCUT2D eigenvalue weighted by Gasteiger charge is 2.41. The Morgan fingerprint density at radius 1 is 1.11 bits per heavy atom. The van der Waals surface area contributed by atoms with Crippen molar-refractivity contribution < 1.29 is 19.1 Å². The molecule has 1 atom stereocenters. The second-order valence-corrected chi connectivity index (χ2v) is 10.6. The van der Waals surface area contributed by atoms with Gasteiger partial charge in [-0.05, 0) is 82.0 Å². The second-order valence-electron chi connectivity index (χ2n) is 10.6. The maximum Gasteiger partial charge on any atom is 0.236 e. The molecule has 3 heterocycles. The maximum absolute atomic E-state index is 13.3. The third-order valence-corrected chi connectivity index (χ3v) is 8.12. The van der Waals surface area contributed by atoms with E-state index >= 15 is 0 Å². The topological polar surface area (TPSA) is 71.1 Å². The van der Waals surface area contributed by atoms with E-state index in [-0.39, 0.29) is 17.2 Å².